The Bertz CT molecular complexity index is 629. The maximum Gasteiger partial charge on any atom is 0.246 e. The number of aromatic nitrogens is 1. The molecule has 0 saturated heterocycles. The van der Waals surface area contributed by atoms with Gasteiger partial charge in [-0.3, -0.25) is 4.79 Å². The van der Waals surface area contributed by atoms with Gasteiger partial charge in [-0.05, 0) is 49.3 Å². The summed E-state index contributed by atoms with van der Waals surface area (Å²) in [6, 6.07) is 6.39. The molecule has 0 unspecified atom stereocenters. The van der Waals surface area contributed by atoms with Gasteiger partial charge in [-0.2, -0.15) is 0 Å². The van der Waals surface area contributed by atoms with Crippen molar-refractivity contribution in [3.63, 3.8) is 0 Å². The van der Waals surface area contributed by atoms with Gasteiger partial charge < -0.3 is 15.0 Å². The van der Waals surface area contributed by atoms with Crippen LogP contribution in [-0.4, -0.2) is 30.6 Å². The van der Waals surface area contributed by atoms with Gasteiger partial charge in [-0.15, -0.1) is 0 Å². The number of H-pyrrole nitrogens is 1. The molecule has 1 fully saturated rings. The molecular weight excluding hydrogens is 264 g/mol. The second-order valence-corrected chi connectivity index (χ2v) is 5.92. The SMILES string of the molecule is Cc1ccc2c(CCNC(=O)COCC3CC3)c[nH]c2c1. The van der Waals surface area contributed by atoms with Crippen LogP contribution in [0.3, 0.4) is 0 Å². The topological polar surface area (TPSA) is 54.1 Å². The van der Waals surface area contributed by atoms with Gasteiger partial charge in [0, 0.05) is 23.6 Å². The first-order valence-electron chi connectivity index (χ1n) is 7.63. The van der Waals surface area contributed by atoms with E-state index in [1.165, 1.54) is 29.4 Å². The lowest BCUT2D eigenvalue weighted by Gasteiger charge is -2.05. The molecule has 1 aromatic heterocycles. The Kier molecular flexibility index (Phi) is 4.25. The largest absolute Gasteiger partial charge is 0.371 e. The average molecular weight is 286 g/mol. The van der Waals surface area contributed by atoms with Crippen LogP contribution in [0, 0.1) is 12.8 Å². The van der Waals surface area contributed by atoms with Crippen LogP contribution in [0.5, 0.6) is 0 Å². The number of fused-ring (bicyclic) bond motifs is 1. The molecular formula is C17H22N2O2. The van der Waals surface area contributed by atoms with Crippen LogP contribution in [0.1, 0.15) is 24.0 Å². The summed E-state index contributed by atoms with van der Waals surface area (Å²) in [4.78, 5) is 14.9. The smallest absolute Gasteiger partial charge is 0.246 e. The van der Waals surface area contributed by atoms with E-state index in [1.807, 2.05) is 6.20 Å². The fourth-order valence-electron chi connectivity index (χ4n) is 2.50. The molecule has 1 saturated carbocycles. The quantitative estimate of drug-likeness (QED) is 0.822. The van der Waals surface area contributed by atoms with Gasteiger partial charge in [0.05, 0.1) is 6.61 Å². The lowest BCUT2D eigenvalue weighted by molar-refractivity contribution is -0.125. The molecule has 2 N–H and O–H groups in total. The van der Waals surface area contributed by atoms with Crippen molar-refractivity contribution in [1.82, 2.24) is 10.3 Å². The molecule has 1 aliphatic carbocycles. The summed E-state index contributed by atoms with van der Waals surface area (Å²) in [5.41, 5.74) is 3.64. The number of amides is 1. The molecule has 0 spiro atoms. The summed E-state index contributed by atoms with van der Waals surface area (Å²) in [6.45, 7) is 3.65. The van der Waals surface area contributed by atoms with E-state index in [0.717, 1.165) is 18.5 Å². The zero-order chi connectivity index (χ0) is 14.7. The molecule has 21 heavy (non-hydrogen) atoms. The second-order valence-electron chi connectivity index (χ2n) is 5.92. The third kappa shape index (κ3) is 3.85. The summed E-state index contributed by atoms with van der Waals surface area (Å²) in [6.07, 6.45) is 5.36. The Hall–Kier alpha value is -1.81. The number of nitrogens with one attached hydrogen (secondary N) is 2. The van der Waals surface area contributed by atoms with Crippen LogP contribution in [0.4, 0.5) is 0 Å². The molecule has 1 heterocycles. The fraction of sp³-hybridized carbons (Fsp3) is 0.471. The lowest BCUT2D eigenvalue weighted by Crippen LogP contribution is -2.29. The number of carbonyl (C=O) groups excluding carboxylic acids is 1. The molecule has 0 aliphatic heterocycles. The number of hydrogen-bond donors (Lipinski definition) is 2. The first kappa shape index (κ1) is 14.1. The van der Waals surface area contributed by atoms with Crippen LogP contribution < -0.4 is 5.32 Å². The van der Waals surface area contributed by atoms with E-state index in [2.05, 4.69) is 35.4 Å². The average Bonchev–Trinajstić information content (AvgIpc) is 3.20. The maximum absolute atomic E-state index is 11.6. The molecule has 0 atom stereocenters. The van der Waals surface area contributed by atoms with E-state index in [9.17, 15) is 4.79 Å². The van der Waals surface area contributed by atoms with E-state index >= 15 is 0 Å². The molecule has 0 radical (unpaired) electrons. The van der Waals surface area contributed by atoms with Gasteiger partial charge in [-0.25, -0.2) is 0 Å². The van der Waals surface area contributed by atoms with Gasteiger partial charge in [0.2, 0.25) is 5.91 Å². The van der Waals surface area contributed by atoms with Gasteiger partial charge in [0.25, 0.3) is 0 Å². The van der Waals surface area contributed by atoms with E-state index < -0.39 is 0 Å². The van der Waals surface area contributed by atoms with Crippen molar-refractivity contribution >= 4 is 16.8 Å². The summed E-state index contributed by atoms with van der Waals surface area (Å²) in [7, 11) is 0. The van der Waals surface area contributed by atoms with Crippen LogP contribution in [0.15, 0.2) is 24.4 Å². The molecule has 2 aromatic rings. The van der Waals surface area contributed by atoms with Crippen molar-refractivity contribution in [1.29, 1.82) is 0 Å². The summed E-state index contributed by atoms with van der Waals surface area (Å²) in [5.74, 6) is 0.679. The Labute approximate surface area is 124 Å². The highest BCUT2D eigenvalue weighted by Gasteiger charge is 2.21. The van der Waals surface area contributed by atoms with Crippen molar-refractivity contribution in [2.45, 2.75) is 26.2 Å². The number of ether oxygens (including phenoxy) is 1. The number of aryl methyl sites for hydroxylation is 1. The number of rotatable bonds is 7. The minimum atomic E-state index is -0.0219. The van der Waals surface area contributed by atoms with Crippen LogP contribution in [0.25, 0.3) is 10.9 Å². The zero-order valence-corrected chi connectivity index (χ0v) is 12.4. The monoisotopic (exact) mass is 286 g/mol. The standard InChI is InChI=1S/C17H22N2O2/c1-12-2-5-15-14(9-19-16(15)8-12)6-7-18-17(20)11-21-10-13-3-4-13/h2,5,8-9,13,19H,3-4,6-7,10-11H2,1H3,(H,18,20). The highest BCUT2D eigenvalue weighted by Crippen LogP contribution is 2.28. The molecule has 4 heteroatoms. The van der Waals surface area contributed by atoms with Gasteiger partial charge in [-0.1, -0.05) is 12.1 Å². The molecule has 1 aromatic carbocycles. The van der Waals surface area contributed by atoms with Crippen LogP contribution in [0.2, 0.25) is 0 Å². The number of carbonyl (C=O) groups is 1. The van der Waals surface area contributed by atoms with E-state index in [4.69, 9.17) is 4.74 Å². The zero-order valence-electron chi connectivity index (χ0n) is 12.4. The van der Waals surface area contributed by atoms with Crippen LogP contribution >= 0.6 is 0 Å². The summed E-state index contributed by atoms with van der Waals surface area (Å²) < 4.78 is 5.37. The van der Waals surface area contributed by atoms with Crippen molar-refractivity contribution < 1.29 is 9.53 Å². The summed E-state index contributed by atoms with van der Waals surface area (Å²) in [5, 5.41) is 4.15. The first-order valence-corrected chi connectivity index (χ1v) is 7.63. The Morgan fingerprint density at radius 1 is 1.43 bits per heavy atom. The predicted octanol–water partition coefficient (Wildman–Crippen LogP) is 2.56. The number of aromatic amines is 1. The third-order valence-corrected chi connectivity index (χ3v) is 3.92. The van der Waals surface area contributed by atoms with Gasteiger partial charge >= 0.3 is 0 Å². The van der Waals surface area contributed by atoms with Crippen molar-refractivity contribution in [2.75, 3.05) is 19.8 Å². The first-order chi connectivity index (χ1) is 10.2. The molecule has 1 aliphatic rings. The number of benzene rings is 1. The predicted molar refractivity (Wildman–Crippen MR) is 83.3 cm³/mol. The normalized spacial score (nSPS) is 14.5. The molecule has 1 amide bonds. The Morgan fingerprint density at radius 3 is 3.10 bits per heavy atom. The van der Waals surface area contributed by atoms with E-state index in [0.29, 0.717) is 12.5 Å². The molecule has 4 nitrogen and oxygen atoms in total. The number of hydrogen-bond acceptors (Lipinski definition) is 2. The van der Waals surface area contributed by atoms with Crippen molar-refractivity contribution in [3.8, 4) is 0 Å². The second kappa shape index (κ2) is 6.31. The van der Waals surface area contributed by atoms with Gasteiger partial charge in [0.1, 0.15) is 6.61 Å². The highest BCUT2D eigenvalue weighted by molar-refractivity contribution is 5.84. The Morgan fingerprint density at radius 2 is 2.29 bits per heavy atom. The van der Waals surface area contributed by atoms with E-state index in [1.54, 1.807) is 0 Å². The van der Waals surface area contributed by atoms with Gasteiger partial charge in [0.15, 0.2) is 0 Å². The minimum absolute atomic E-state index is 0.0219. The molecule has 112 valence electrons. The van der Waals surface area contributed by atoms with Crippen molar-refractivity contribution in [2.24, 2.45) is 5.92 Å². The highest BCUT2D eigenvalue weighted by atomic mass is 16.5. The third-order valence-electron chi connectivity index (χ3n) is 3.92. The Balaban J connectivity index is 1.44. The maximum atomic E-state index is 11.6. The summed E-state index contributed by atoms with van der Waals surface area (Å²) >= 11 is 0. The van der Waals surface area contributed by atoms with Crippen LogP contribution in [-0.2, 0) is 16.0 Å². The molecule has 0 bridgehead atoms. The molecule has 3 rings (SSSR count). The minimum Gasteiger partial charge on any atom is -0.371 e. The van der Waals surface area contributed by atoms with E-state index in [-0.39, 0.29) is 12.5 Å². The van der Waals surface area contributed by atoms with Crippen molar-refractivity contribution in [3.05, 3.63) is 35.5 Å². The fourth-order valence-corrected chi connectivity index (χ4v) is 2.50. The lowest BCUT2D eigenvalue weighted by atomic mass is 10.1.